The molecule has 2 aromatic carbocycles. The molecule has 3 heteroatoms. The van der Waals surface area contributed by atoms with Crippen LogP contribution in [-0.4, -0.2) is 7.11 Å². The van der Waals surface area contributed by atoms with Crippen molar-refractivity contribution in [2.24, 2.45) is 0 Å². The lowest BCUT2D eigenvalue weighted by Crippen LogP contribution is -1.96. The average Bonchev–Trinajstić information content (AvgIpc) is 2.96. The van der Waals surface area contributed by atoms with Gasteiger partial charge < -0.3 is 13.9 Å². The first-order chi connectivity index (χ1) is 10.3. The van der Waals surface area contributed by atoms with E-state index in [-0.39, 0.29) is 0 Å². The Kier molecular flexibility index (Phi) is 3.82. The van der Waals surface area contributed by atoms with Crippen molar-refractivity contribution in [3.63, 3.8) is 0 Å². The van der Waals surface area contributed by atoms with Gasteiger partial charge in [0.25, 0.3) is 0 Å². The molecule has 0 radical (unpaired) electrons. The van der Waals surface area contributed by atoms with Crippen LogP contribution in [0.1, 0.15) is 18.2 Å². The zero-order valence-corrected chi connectivity index (χ0v) is 12.3. The number of fused-ring (bicyclic) bond motifs is 1. The predicted molar refractivity (Wildman–Crippen MR) is 82.9 cm³/mol. The first-order valence-electron chi connectivity index (χ1n) is 7.07. The summed E-state index contributed by atoms with van der Waals surface area (Å²) < 4.78 is 17.1. The molecule has 0 aliphatic heterocycles. The van der Waals surface area contributed by atoms with Gasteiger partial charge >= 0.3 is 0 Å². The van der Waals surface area contributed by atoms with Crippen LogP contribution in [0.25, 0.3) is 11.0 Å². The van der Waals surface area contributed by atoms with Gasteiger partial charge in [-0.05, 0) is 11.6 Å². The van der Waals surface area contributed by atoms with E-state index in [1.54, 1.807) is 7.11 Å². The number of aryl methyl sites for hydroxylation is 1. The molecule has 3 aromatic rings. The Hall–Kier alpha value is -2.42. The van der Waals surface area contributed by atoms with Crippen LogP contribution in [0, 0.1) is 0 Å². The molecule has 0 aliphatic rings. The minimum atomic E-state index is 0.524. The summed E-state index contributed by atoms with van der Waals surface area (Å²) in [5.74, 6) is 2.47. The molecule has 0 atom stereocenters. The maximum atomic E-state index is 5.97. The highest BCUT2D eigenvalue weighted by Gasteiger charge is 2.11. The molecular formula is C18H18O3. The van der Waals surface area contributed by atoms with Gasteiger partial charge in [-0.1, -0.05) is 37.3 Å². The van der Waals surface area contributed by atoms with Crippen molar-refractivity contribution in [3.8, 4) is 11.5 Å². The van der Waals surface area contributed by atoms with Gasteiger partial charge in [0, 0.05) is 18.6 Å². The van der Waals surface area contributed by atoms with Gasteiger partial charge in [-0.25, -0.2) is 0 Å². The molecule has 0 aliphatic carbocycles. The molecule has 108 valence electrons. The Morgan fingerprint density at radius 3 is 2.57 bits per heavy atom. The van der Waals surface area contributed by atoms with E-state index in [1.807, 2.05) is 48.5 Å². The van der Waals surface area contributed by atoms with Crippen LogP contribution in [0.4, 0.5) is 0 Å². The minimum Gasteiger partial charge on any atom is -0.496 e. The van der Waals surface area contributed by atoms with Crippen LogP contribution < -0.4 is 9.47 Å². The second-order valence-electron chi connectivity index (χ2n) is 4.88. The molecule has 0 spiro atoms. The molecule has 1 heterocycles. The van der Waals surface area contributed by atoms with Crippen LogP contribution in [0.15, 0.2) is 52.9 Å². The van der Waals surface area contributed by atoms with Crippen LogP contribution >= 0.6 is 0 Å². The molecule has 0 saturated heterocycles. The highest BCUT2D eigenvalue weighted by Crippen LogP contribution is 2.34. The van der Waals surface area contributed by atoms with Crippen LogP contribution in [-0.2, 0) is 13.0 Å². The third-order valence-corrected chi connectivity index (χ3v) is 3.45. The lowest BCUT2D eigenvalue weighted by Gasteiger charge is -2.09. The van der Waals surface area contributed by atoms with Crippen LogP contribution in [0.3, 0.4) is 0 Å². The summed E-state index contributed by atoms with van der Waals surface area (Å²) >= 11 is 0. The van der Waals surface area contributed by atoms with Crippen molar-refractivity contribution in [2.75, 3.05) is 7.11 Å². The van der Waals surface area contributed by atoms with Gasteiger partial charge in [0.1, 0.15) is 29.4 Å². The Balaban J connectivity index is 1.94. The summed E-state index contributed by atoms with van der Waals surface area (Å²) in [6.07, 6.45) is 0.856. The molecule has 3 rings (SSSR count). The largest absolute Gasteiger partial charge is 0.496 e. The molecule has 0 unspecified atom stereocenters. The SMILES string of the molecule is CCc1cc2c(OCc3ccccc3)cc(OC)cc2o1. The fraction of sp³-hybridized carbons (Fsp3) is 0.222. The topological polar surface area (TPSA) is 31.6 Å². The normalized spacial score (nSPS) is 10.8. The average molecular weight is 282 g/mol. The highest BCUT2D eigenvalue weighted by atomic mass is 16.5. The summed E-state index contributed by atoms with van der Waals surface area (Å²) in [4.78, 5) is 0. The number of hydrogen-bond donors (Lipinski definition) is 0. The highest BCUT2D eigenvalue weighted by molar-refractivity contribution is 5.86. The minimum absolute atomic E-state index is 0.524. The van der Waals surface area contributed by atoms with E-state index >= 15 is 0 Å². The third kappa shape index (κ3) is 2.87. The van der Waals surface area contributed by atoms with E-state index in [2.05, 4.69) is 6.92 Å². The zero-order valence-electron chi connectivity index (χ0n) is 12.3. The number of hydrogen-bond acceptors (Lipinski definition) is 3. The molecule has 0 saturated carbocycles. The van der Waals surface area contributed by atoms with E-state index in [0.29, 0.717) is 6.61 Å². The molecule has 0 amide bonds. The molecular weight excluding hydrogens is 264 g/mol. The number of methoxy groups -OCH3 is 1. The predicted octanol–water partition coefficient (Wildman–Crippen LogP) is 4.58. The van der Waals surface area contributed by atoms with E-state index < -0.39 is 0 Å². The van der Waals surface area contributed by atoms with Crippen molar-refractivity contribution < 1.29 is 13.9 Å². The van der Waals surface area contributed by atoms with Crippen LogP contribution in [0.5, 0.6) is 11.5 Å². The second kappa shape index (κ2) is 5.92. The number of ether oxygens (including phenoxy) is 2. The fourth-order valence-corrected chi connectivity index (χ4v) is 2.28. The van der Waals surface area contributed by atoms with Crippen LogP contribution in [0.2, 0.25) is 0 Å². The number of rotatable bonds is 5. The lowest BCUT2D eigenvalue weighted by molar-refractivity contribution is 0.307. The molecule has 0 bridgehead atoms. The van der Waals surface area contributed by atoms with Crippen molar-refractivity contribution >= 4 is 11.0 Å². The first kappa shape index (κ1) is 13.6. The lowest BCUT2D eigenvalue weighted by atomic mass is 10.2. The quantitative estimate of drug-likeness (QED) is 0.686. The maximum absolute atomic E-state index is 5.97. The van der Waals surface area contributed by atoms with E-state index in [0.717, 1.165) is 40.2 Å². The summed E-state index contributed by atoms with van der Waals surface area (Å²) in [5, 5.41) is 0.989. The van der Waals surface area contributed by atoms with E-state index in [4.69, 9.17) is 13.9 Å². The number of benzene rings is 2. The molecule has 1 aromatic heterocycles. The van der Waals surface area contributed by atoms with Gasteiger partial charge in [-0.3, -0.25) is 0 Å². The van der Waals surface area contributed by atoms with Gasteiger partial charge in [0.15, 0.2) is 0 Å². The third-order valence-electron chi connectivity index (χ3n) is 3.45. The standard InChI is InChI=1S/C18H18O3/c1-3-14-9-16-17(10-15(19-2)11-18(16)21-14)20-12-13-7-5-4-6-8-13/h4-11H,3,12H2,1-2H3. The van der Waals surface area contributed by atoms with Crippen molar-refractivity contribution in [3.05, 3.63) is 59.9 Å². The molecule has 0 fully saturated rings. The summed E-state index contributed by atoms with van der Waals surface area (Å²) in [6, 6.07) is 15.9. The Morgan fingerprint density at radius 2 is 1.86 bits per heavy atom. The molecule has 21 heavy (non-hydrogen) atoms. The summed E-state index contributed by atoms with van der Waals surface area (Å²) in [6.45, 7) is 2.59. The monoisotopic (exact) mass is 282 g/mol. The Morgan fingerprint density at radius 1 is 1.05 bits per heavy atom. The fourth-order valence-electron chi connectivity index (χ4n) is 2.28. The molecule has 0 N–H and O–H groups in total. The second-order valence-corrected chi connectivity index (χ2v) is 4.88. The van der Waals surface area contributed by atoms with Gasteiger partial charge in [0.05, 0.1) is 12.5 Å². The first-order valence-corrected chi connectivity index (χ1v) is 7.07. The summed E-state index contributed by atoms with van der Waals surface area (Å²) in [5.41, 5.74) is 1.93. The smallest absolute Gasteiger partial charge is 0.141 e. The Labute approximate surface area is 124 Å². The van der Waals surface area contributed by atoms with Gasteiger partial charge in [-0.15, -0.1) is 0 Å². The van der Waals surface area contributed by atoms with Gasteiger partial charge in [0.2, 0.25) is 0 Å². The molecule has 3 nitrogen and oxygen atoms in total. The van der Waals surface area contributed by atoms with Gasteiger partial charge in [-0.2, -0.15) is 0 Å². The van der Waals surface area contributed by atoms with Crippen molar-refractivity contribution in [2.45, 2.75) is 20.0 Å². The summed E-state index contributed by atoms with van der Waals surface area (Å²) in [7, 11) is 1.64. The van der Waals surface area contributed by atoms with E-state index in [9.17, 15) is 0 Å². The maximum Gasteiger partial charge on any atom is 0.141 e. The van der Waals surface area contributed by atoms with Crippen molar-refractivity contribution in [1.82, 2.24) is 0 Å². The van der Waals surface area contributed by atoms with Crippen molar-refractivity contribution in [1.29, 1.82) is 0 Å². The van der Waals surface area contributed by atoms with E-state index in [1.165, 1.54) is 0 Å². The number of furan rings is 1. The Bertz CT molecular complexity index is 729. The zero-order chi connectivity index (χ0) is 14.7.